The summed E-state index contributed by atoms with van der Waals surface area (Å²) in [7, 11) is 3.98. The Labute approximate surface area is 181 Å². The lowest BCUT2D eigenvalue weighted by Gasteiger charge is -2.34. The third kappa shape index (κ3) is 8.76. The Balaban J connectivity index is 0.00000364. The van der Waals surface area contributed by atoms with Crippen molar-refractivity contribution in [3.63, 3.8) is 0 Å². The lowest BCUT2D eigenvalue weighted by molar-refractivity contribution is 0.139. The Bertz CT molecular complexity index is 534. The van der Waals surface area contributed by atoms with Gasteiger partial charge in [0.2, 0.25) is 0 Å². The number of hydrogen-bond donors (Lipinski definition) is 3. The van der Waals surface area contributed by atoms with Crippen LogP contribution in [0.4, 0.5) is 0 Å². The molecule has 0 aromatic heterocycles. The van der Waals surface area contributed by atoms with E-state index in [1.54, 1.807) is 7.05 Å². The minimum Gasteiger partial charge on any atom is -0.396 e. The van der Waals surface area contributed by atoms with E-state index in [0.717, 1.165) is 50.8 Å². The summed E-state index contributed by atoms with van der Waals surface area (Å²) in [4.78, 5) is 9.24. The molecule has 1 aromatic carbocycles. The lowest BCUT2D eigenvalue weighted by atomic mass is 10.0. The van der Waals surface area contributed by atoms with E-state index in [-0.39, 0.29) is 36.5 Å². The summed E-state index contributed by atoms with van der Waals surface area (Å²) >= 11 is 0. The van der Waals surface area contributed by atoms with Gasteiger partial charge in [-0.2, -0.15) is 0 Å². The summed E-state index contributed by atoms with van der Waals surface area (Å²) in [6.07, 6.45) is 0. The minimum absolute atomic E-state index is 0. The van der Waals surface area contributed by atoms with E-state index in [1.807, 2.05) is 18.2 Å². The summed E-state index contributed by atoms with van der Waals surface area (Å²) in [6.45, 7) is 9.69. The molecule has 1 saturated heterocycles. The van der Waals surface area contributed by atoms with Crippen molar-refractivity contribution in [3.8, 4) is 0 Å². The Morgan fingerprint density at radius 2 is 1.74 bits per heavy atom. The molecule has 0 aliphatic carbocycles. The van der Waals surface area contributed by atoms with Crippen molar-refractivity contribution in [3.05, 3.63) is 35.9 Å². The zero-order chi connectivity index (χ0) is 18.8. The Kier molecular flexibility index (Phi) is 11.9. The van der Waals surface area contributed by atoms with Gasteiger partial charge in [0, 0.05) is 58.8 Å². The number of nitrogens with one attached hydrogen (secondary N) is 2. The van der Waals surface area contributed by atoms with E-state index in [2.05, 4.69) is 51.5 Å². The first-order chi connectivity index (χ1) is 12.6. The van der Waals surface area contributed by atoms with Crippen molar-refractivity contribution < 1.29 is 5.11 Å². The summed E-state index contributed by atoms with van der Waals surface area (Å²) in [5, 5.41) is 16.4. The molecule has 1 aromatic rings. The molecule has 6 nitrogen and oxygen atoms in total. The van der Waals surface area contributed by atoms with Gasteiger partial charge in [0.15, 0.2) is 5.96 Å². The molecule has 2 atom stereocenters. The molecule has 7 heteroatoms. The largest absolute Gasteiger partial charge is 0.396 e. The molecule has 0 spiro atoms. The average Bonchev–Trinajstić information content (AvgIpc) is 2.67. The number of aliphatic imine (C=N–C) groups is 1. The Morgan fingerprint density at radius 3 is 2.33 bits per heavy atom. The number of rotatable bonds is 8. The van der Waals surface area contributed by atoms with Crippen molar-refractivity contribution in [2.24, 2.45) is 10.9 Å². The standard InChI is InChI=1S/C20H35N5O.HI/c1-17(15-25-11-9-24(3)10-12-25)13-22-20(21-2)23-14-19(16-26)18-7-5-4-6-8-18;/h4-8,17,19,26H,9-16H2,1-3H3,(H2,21,22,23);1H. The van der Waals surface area contributed by atoms with E-state index in [9.17, 15) is 5.11 Å². The zero-order valence-electron chi connectivity index (χ0n) is 16.9. The predicted octanol–water partition coefficient (Wildman–Crippen LogP) is 1.43. The molecule has 1 aliphatic heterocycles. The smallest absolute Gasteiger partial charge is 0.191 e. The maximum Gasteiger partial charge on any atom is 0.191 e. The fraction of sp³-hybridized carbons (Fsp3) is 0.650. The van der Waals surface area contributed by atoms with Crippen LogP contribution < -0.4 is 10.6 Å². The topological polar surface area (TPSA) is 63.1 Å². The highest BCUT2D eigenvalue weighted by Gasteiger charge is 2.16. The number of hydrogen-bond acceptors (Lipinski definition) is 4. The molecule has 1 heterocycles. The maximum absolute atomic E-state index is 9.67. The maximum atomic E-state index is 9.67. The molecule has 0 amide bonds. The molecular formula is C20H36IN5O. The van der Waals surface area contributed by atoms with Gasteiger partial charge >= 0.3 is 0 Å². The quantitative estimate of drug-likeness (QED) is 0.293. The normalized spacial score (nSPS) is 18.4. The number of guanidine groups is 1. The van der Waals surface area contributed by atoms with Gasteiger partial charge in [-0.1, -0.05) is 37.3 Å². The van der Waals surface area contributed by atoms with Crippen molar-refractivity contribution in [1.29, 1.82) is 0 Å². The van der Waals surface area contributed by atoms with Crippen LogP contribution in [0.25, 0.3) is 0 Å². The number of aliphatic hydroxyl groups is 1. The SMILES string of the molecule is CN=C(NCC(C)CN1CCN(C)CC1)NCC(CO)c1ccccc1.I. The average molecular weight is 489 g/mol. The summed E-state index contributed by atoms with van der Waals surface area (Å²) in [6, 6.07) is 10.1. The molecule has 27 heavy (non-hydrogen) atoms. The first-order valence-electron chi connectivity index (χ1n) is 9.63. The van der Waals surface area contributed by atoms with Crippen molar-refractivity contribution >= 4 is 29.9 Å². The highest BCUT2D eigenvalue weighted by Crippen LogP contribution is 2.13. The fourth-order valence-electron chi connectivity index (χ4n) is 3.26. The molecule has 3 N–H and O–H groups in total. The number of nitrogens with zero attached hydrogens (tertiary/aromatic N) is 3. The van der Waals surface area contributed by atoms with E-state index >= 15 is 0 Å². The van der Waals surface area contributed by atoms with Crippen LogP contribution in [0, 0.1) is 5.92 Å². The molecule has 1 fully saturated rings. The molecule has 2 unspecified atom stereocenters. The predicted molar refractivity (Wildman–Crippen MR) is 124 cm³/mol. The fourth-order valence-corrected chi connectivity index (χ4v) is 3.26. The van der Waals surface area contributed by atoms with Crippen molar-refractivity contribution in [2.75, 3.05) is 66.5 Å². The molecule has 2 rings (SSSR count). The van der Waals surface area contributed by atoms with Crippen LogP contribution in [-0.2, 0) is 0 Å². The second-order valence-electron chi connectivity index (χ2n) is 7.33. The highest BCUT2D eigenvalue weighted by molar-refractivity contribution is 14.0. The van der Waals surface area contributed by atoms with Crippen LogP contribution >= 0.6 is 24.0 Å². The third-order valence-electron chi connectivity index (χ3n) is 5.01. The zero-order valence-corrected chi connectivity index (χ0v) is 19.2. The van der Waals surface area contributed by atoms with Gasteiger partial charge in [0.25, 0.3) is 0 Å². The summed E-state index contributed by atoms with van der Waals surface area (Å²) in [5.74, 6) is 1.42. The molecular weight excluding hydrogens is 453 g/mol. The summed E-state index contributed by atoms with van der Waals surface area (Å²) < 4.78 is 0. The second kappa shape index (κ2) is 13.3. The third-order valence-corrected chi connectivity index (χ3v) is 5.01. The van der Waals surface area contributed by atoms with Gasteiger partial charge in [-0.05, 0) is 18.5 Å². The van der Waals surface area contributed by atoms with Gasteiger partial charge in [0.1, 0.15) is 0 Å². The highest BCUT2D eigenvalue weighted by atomic mass is 127. The van der Waals surface area contributed by atoms with Crippen LogP contribution in [0.2, 0.25) is 0 Å². The second-order valence-corrected chi connectivity index (χ2v) is 7.33. The van der Waals surface area contributed by atoms with Crippen LogP contribution in [0.5, 0.6) is 0 Å². The van der Waals surface area contributed by atoms with Gasteiger partial charge in [-0.15, -0.1) is 24.0 Å². The first kappa shape index (κ1) is 24.1. The van der Waals surface area contributed by atoms with Crippen molar-refractivity contribution in [1.82, 2.24) is 20.4 Å². The van der Waals surface area contributed by atoms with Crippen LogP contribution in [0.15, 0.2) is 35.3 Å². The van der Waals surface area contributed by atoms with Crippen molar-refractivity contribution in [2.45, 2.75) is 12.8 Å². The molecule has 0 saturated carbocycles. The molecule has 0 radical (unpaired) electrons. The van der Waals surface area contributed by atoms with E-state index in [1.165, 1.54) is 0 Å². The Morgan fingerprint density at radius 1 is 1.11 bits per heavy atom. The first-order valence-corrected chi connectivity index (χ1v) is 9.63. The number of likely N-dealkylation sites (N-methyl/N-ethyl adjacent to an activating group) is 1. The van der Waals surface area contributed by atoms with Gasteiger partial charge in [-0.3, -0.25) is 4.99 Å². The van der Waals surface area contributed by atoms with Crippen LogP contribution in [0.3, 0.4) is 0 Å². The summed E-state index contributed by atoms with van der Waals surface area (Å²) in [5.41, 5.74) is 1.14. The number of benzene rings is 1. The van der Waals surface area contributed by atoms with E-state index in [0.29, 0.717) is 12.5 Å². The van der Waals surface area contributed by atoms with Gasteiger partial charge in [-0.25, -0.2) is 0 Å². The van der Waals surface area contributed by atoms with Crippen LogP contribution in [-0.4, -0.2) is 87.4 Å². The number of piperazine rings is 1. The van der Waals surface area contributed by atoms with Crippen LogP contribution in [0.1, 0.15) is 18.4 Å². The monoisotopic (exact) mass is 489 g/mol. The number of aliphatic hydroxyl groups excluding tert-OH is 1. The molecule has 154 valence electrons. The van der Waals surface area contributed by atoms with Gasteiger partial charge < -0.3 is 25.5 Å². The lowest BCUT2D eigenvalue weighted by Crippen LogP contribution is -2.47. The Hall–Kier alpha value is -0.900. The van der Waals surface area contributed by atoms with Gasteiger partial charge in [0.05, 0.1) is 6.61 Å². The molecule has 0 bridgehead atoms. The van der Waals surface area contributed by atoms with E-state index < -0.39 is 0 Å². The van der Waals surface area contributed by atoms with E-state index in [4.69, 9.17) is 0 Å². The molecule has 1 aliphatic rings. The number of halogens is 1. The minimum atomic E-state index is 0.